The standard InChI is InChI=1S/C15H14BrF2NO/c1-2-20-10-5-3-4-9(8-10)15(19)11-6-7-12(17)14(18)13(11)16/h3-8,15H,2,19H2,1H3. The lowest BCUT2D eigenvalue weighted by Gasteiger charge is -2.16. The van der Waals surface area contributed by atoms with Crippen LogP contribution in [0.2, 0.25) is 0 Å². The fourth-order valence-corrected chi connectivity index (χ4v) is 2.49. The van der Waals surface area contributed by atoms with Gasteiger partial charge in [-0.1, -0.05) is 18.2 Å². The first-order chi connectivity index (χ1) is 9.54. The van der Waals surface area contributed by atoms with Crippen molar-refractivity contribution in [2.75, 3.05) is 6.61 Å². The molecule has 0 radical (unpaired) electrons. The summed E-state index contributed by atoms with van der Waals surface area (Å²) in [5, 5.41) is 0. The molecule has 0 bridgehead atoms. The maximum atomic E-state index is 13.6. The van der Waals surface area contributed by atoms with Crippen LogP contribution < -0.4 is 10.5 Å². The fourth-order valence-electron chi connectivity index (χ4n) is 1.93. The molecule has 2 N–H and O–H groups in total. The Bertz CT molecular complexity index is 619. The summed E-state index contributed by atoms with van der Waals surface area (Å²) in [4.78, 5) is 0. The van der Waals surface area contributed by atoms with Gasteiger partial charge in [0.25, 0.3) is 0 Å². The molecule has 0 aliphatic carbocycles. The second kappa shape index (κ2) is 6.33. The minimum atomic E-state index is -0.932. The first-order valence-electron chi connectivity index (χ1n) is 6.16. The van der Waals surface area contributed by atoms with Crippen molar-refractivity contribution in [3.63, 3.8) is 0 Å². The molecule has 0 saturated carbocycles. The topological polar surface area (TPSA) is 35.2 Å². The van der Waals surface area contributed by atoms with Gasteiger partial charge in [0.05, 0.1) is 17.1 Å². The Morgan fingerprint density at radius 3 is 2.70 bits per heavy atom. The normalized spacial score (nSPS) is 12.2. The van der Waals surface area contributed by atoms with E-state index in [1.165, 1.54) is 6.07 Å². The van der Waals surface area contributed by atoms with Crippen LogP contribution in [0.5, 0.6) is 5.75 Å². The molecule has 0 saturated heterocycles. The largest absolute Gasteiger partial charge is 0.494 e. The van der Waals surface area contributed by atoms with E-state index >= 15 is 0 Å². The lowest BCUT2D eigenvalue weighted by atomic mass is 9.99. The van der Waals surface area contributed by atoms with Gasteiger partial charge in [-0.3, -0.25) is 0 Å². The van der Waals surface area contributed by atoms with Crippen LogP contribution >= 0.6 is 15.9 Å². The van der Waals surface area contributed by atoms with Crippen LogP contribution in [0, 0.1) is 11.6 Å². The molecule has 0 heterocycles. The predicted octanol–water partition coefficient (Wildman–Crippen LogP) is 4.17. The molecule has 20 heavy (non-hydrogen) atoms. The number of nitrogens with two attached hydrogens (primary N) is 1. The van der Waals surface area contributed by atoms with E-state index in [0.29, 0.717) is 17.9 Å². The average Bonchev–Trinajstić information content (AvgIpc) is 2.45. The lowest BCUT2D eigenvalue weighted by Crippen LogP contribution is -2.13. The summed E-state index contributed by atoms with van der Waals surface area (Å²) in [6.07, 6.45) is 0. The van der Waals surface area contributed by atoms with Gasteiger partial charge in [0, 0.05) is 0 Å². The van der Waals surface area contributed by atoms with Crippen molar-refractivity contribution in [3.05, 3.63) is 63.6 Å². The highest BCUT2D eigenvalue weighted by molar-refractivity contribution is 9.10. The number of hydrogen-bond acceptors (Lipinski definition) is 2. The Kier molecular flexibility index (Phi) is 4.73. The zero-order valence-electron chi connectivity index (χ0n) is 10.9. The van der Waals surface area contributed by atoms with Gasteiger partial charge in [0.15, 0.2) is 11.6 Å². The number of ether oxygens (including phenoxy) is 1. The molecular formula is C15H14BrF2NO. The van der Waals surface area contributed by atoms with Crippen LogP contribution in [0.15, 0.2) is 40.9 Å². The number of halogens is 3. The van der Waals surface area contributed by atoms with Crippen LogP contribution in [0.4, 0.5) is 8.78 Å². The Balaban J connectivity index is 2.38. The Morgan fingerprint density at radius 2 is 2.00 bits per heavy atom. The van der Waals surface area contributed by atoms with E-state index in [9.17, 15) is 8.78 Å². The second-order valence-corrected chi connectivity index (χ2v) is 5.04. The molecule has 2 aromatic rings. The van der Waals surface area contributed by atoms with Crippen LogP contribution in [-0.2, 0) is 0 Å². The van der Waals surface area contributed by atoms with Crippen LogP contribution in [-0.4, -0.2) is 6.61 Å². The van der Waals surface area contributed by atoms with Gasteiger partial charge >= 0.3 is 0 Å². The number of hydrogen-bond donors (Lipinski definition) is 1. The summed E-state index contributed by atoms with van der Waals surface area (Å²) in [7, 11) is 0. The first-order valence-corrected chi connectivity index (χ1v) is 6.95. The molecule has 2 nitrogen and oxygen atoms in total. The van der Waals surface area contributed by atoms with Gasteiger partial charge < -0.3 is 10.5 Å². The van der Waals surface area contributed by atoms with Gasteiger partial charge in [-0.05, 0) is 52.2 Å². The summed E-state index contributed by atoms with van der Waals surface area (Å²) in [6, 6.07) is 9.22. The smallest absolute Gasteiger partial charge is 0.173 e. The number of rotatable bonds is 4. The van der Waals surface area contributed by atoms with Gasteiger partial charge in [0.1, 0.15) is 5.75 Å². The van der Waals surface area contributed by atoms with Crippen molar-refractivity contribution in [2.45, 2.75) is 13.0 Å². The van der Waals surface area contributed by atoms with Crippen molar-refractivity contribution in [1.82, 2.24) is 0 Å². The number of benzene rings is 2. The van der Waals surface area contributed by atoms with Gasteiger partial charge in [-0.25, -0.2) is 8.78 Å². The Labute approximate surface area is 124 Å². The molecule has 2 aromatic carbocycles. The molecule has 1 atom stereocenters. The summed E-state index contributed by atoms with van der Waals surface area (Å²) < 4.78 is 32.1. The van der Waals surface area contributed by atoms with E-state index in [4.69, 9.17) is 10.5 Å². The highest BCUT2D eigenvalue weighted by atomic mass is 79.9. The van der Waals surface area contributed by atoms with Gasteiger partial charge in [0.2, 0.25) is 0 Å². The van der Waals surface area contributed by atoms with Crippen molar-refractivity contribution in [2.24, 2.45) is 5.73 Å². The van der Waals surface area contributed by atoms with Crippen molar-refractivity contribution >= 4 is 15.9 Å². The molecule has 0 aliphatic heterocycles. The quantitative estimate of drug-likeness (QED) is 0.847. The molecule has 0 aromatic heterocycles. The first kappa shape index (κ1) is 14.9. The summed E-state index contributed by atoms with van der Waals surface area (Å²) >= 11 is 3.05. The molecule has 106 valence electrons. The zero-order chi connectivity index (χ0) is 14.7. The minimum Gasteiger partial charge on any atom is -0.494 e. The van der Waals surface area contributed by atoms with E-state index in [1.54, 1.807) is 6.07 Å². The van der Waals surface area contributed by atoms with E-state index in [2.05, 4.69) is 15.9 Å². The maximum Gasteiger partial charge on any atom is 0.173 e. The summed E-state index contributed by atoms with van der Waals surface area (Å²) in [5.74, 6) is -1.14. The third-order valence-electron chi connectivity index (χ3n) is 2.93. The van der Waals surface area contributed by atoms with E-state index in [-0.39, 0.29) is 4.47 Å². The molecule has 0 fully saturated rings. The second-order valence-electron chi connectivity index (χ2n) is 4.25. The fraction of sp³-hybridized carbons (Fsp3) is 0.200. The molecule has 0 aliphatic rings. The molecular weight excluding hydrogens is 328 g/mol. The van der Waals surface area contributed by atoms with Crippen LogP contribution in [0.1, 0.15) is 24.1 Å². The van der Waals surface area contributed by atoms with E-state index in [1.807, 2.05) is 25.1 Å². The van der Waals surface area contributed by atoms with E-state index < -0.39 is 17.7 Å². The molecule has 0 spiro atoms. The van der Waals surface area contributed by atoms with Crippen molar-refractivity contribution in [1.29, 1.82) is 0 Å². The highest BCUT2D eigenvalue weighted by Crippen LogP contribution is 2.31. The van der Waals surface area contributed by atoms with Crippen molar-refractivity contribution in [3.8, 4) is 5.75 Å². The minimum absolute atomic E-state index is 0.0480. The van der Waals surface area contributed by atoms with Gasteiger partial charge in [-0.15, -0.1) is 0 Å². The lowest BCUT2D eigenvalue weighted by molar-refractivity contribution is 0.340. The Hall–Kier alpha value is -1.46. The predicted molar refractivity (Wildman–Crippen MR) is 77.7 cm³/mol. The summed E-state index contributed by atoms with van der Waals surface area (Å²) in [6.45, 7) is 2.44. The monoisotopic (exact) mass is 341 g/mol. The highest BCUT2D eigenvalue weighted by Gasteiger charge is 2.18. The maximum absolute atomic E-state index is 13.6. The third kappa shape index (κ3) is 2.99. The van der Waals surface area contributed by atoms with Crippen LogP contribution in [0.25, 0.3) is 0 Å². The van der Waals surface area contributed by atoms with Crippen molar-refractivity contribution < 1.29 is 13.5 Å². The van der Waals surface area contributed by atoms with Crippen LogP contribution in [0.3, 0.4) is 0 Å². The summed E-state index contributed by atoms with van der Waals surface area (Å²) in [5.41, 5.74) is 7.38. The van der Waals surface area contributed by atoms with E-state index in [0.717, 1.165) is 11.6 Å². The Morgan fingerprint density at radius 1 is 1.25 bits per heavy atom. The average molecular weight is 342 g/mol. The van der Waals surface area contributed by atoms with Gasteiger partial charge in [-0.2, -0.15) is 0 Å². The third-order valence-corrected chi connectivity index (χ3v) is 3.73. The molecule has 0 amide bonds. The molecule has 2 rings (SSSR count). The molecule has 5 heteroatoms. The molecule has 1 unspecified atom stereocenters. The SMILES string of the molecule is CCOc1cccc(C(N)c2ccc(F)c(F)c2Br)c1. The zero-order valence-corrected chi connectivity index (χ0v) is 12.5.